The minimum Gasteiger partial charge on any atom is -0.385 e. The molecule has 1 aromatic rings. The van der Waals surface area contributed by atoms with Crippen LogP contribution < -0.4 is 11.2 Å². The summed E-state index contributed by atoms with van der Waals surface area (Å²) in [4.78, 5) is 25.8. The van der Waals surface area contributed by atoms with Crippen LogP contribution in [0.5, 0.6) is 0 Å². The van der Waals surface area contributed by atoms with E-state index in [1.54, 1.807) is 7.11 Å². The summed E-state index contributed by atoms with van der Waals surface area (Å²) >= 11 is 0. The number of rotatable bonds is 12. The van der Waals surface area contributed by atoms with E-state index in [0.717, 1.165) is 19.3 Å². The van der Waals surface area contributed by atoms with E-state index >= 15 is 0 Å². The summed E-state index contributed by atoms with van der Waals surface area (Å²) in [6.07, 6.45) is 4.48. The second-order valence-corrected chi connectivity index (χ2v) is 8.36. The summed E-state index contributed by atoms with van der Waals surface area (Å²) < 4.78 is 29.5. The van der Waals surface area contributed by atoms with Crippen LogP contribution >= 0.6 is 8.60 Å². The Bertz CT molecular complexity index is 817. The van der Waals surface area contributed by atoms with Gasteiger partial charge in [-0.1, -0.05) is 0 Å². The van der Waals surface area contributed by atoms with Gasteiger partial charge in [0.25, 0.3) is 5.56 Å². The zero-order valence-corrected chi connectivity index (χ0v) is 17.3. The Hall–Kier alpha value is -1.60. The maximum atomic E-state index is 12.2. The Morgan fingerprint density at radius 2 is 2.10 bits per heavy atom. The fourth-order valence-corrected chi connectivity index (χ4v) is 4.41. The van der Waals surface area contributed by atoms with Crippen molar-refractivity contribution in [3.63, 3.8) is 0 Å². The first-order valence-corrected chi connectivity index (χ1v) is 10.7. The van der Waals surface area contributed by atoms with Crippen molar-refractivity contribution in [3.05, 3.63) is 33.1 Å². The summed E-state index contributed by atoms with van der Waals surface area (Å²) in [5, 5.41) is 8.68. The fraction of sp³-hybridized carbons (Fsp3) is 0.722. The van der Waals surface area contributed by atoms with Gasteiger partial charge in [0.1, 0.15) is 6.23 Å². The molecule has 0 radical (unpaired) electrons. The van der Waals surface area contributed by atoms with Gasteiger partial charge in [0, 0.05) is 31.4 Å². The van der Waals surface area contributed by atoms with E-state index in [0.29, 0.717) is 19.6 Å². The average molecular weight is 427 g/mol. The summed E-state index contributed by atoms with van der Waals surface area (Å²) in [7, 11) is 0.0258. The minimum atomic E-state index is -1.60. The van der Waals surface area contributed by atoms with Crippen molar-refractivity contribution in [3.8, 4) is 6.07 Å². The molecule has 2 heterocycles. The number of hydrogen-bond acceptors (Lipinski definition) is 8. The Balaban J connectivity index is 1.55. The Morgan fingerprint density at radius 3 is 2.79 bits per heavy atom. The third-order valence-corrected chi connectivity index (χ3v) is 6.09. The van der Waals surface area contributed by atoms with Crippen LogP contribution in [0.25, 0.3) is 0 Å². The van der Waals surface area contributed by atoms with Gasteiger partial charge in [-0.25, -0.2) is 4.79 Å². The van der Waals surface area contributed by atoms with E-state index in [1.807, 2.05) is 6.07 Å². The van der Waals surface area contributed by atoms with E-state index in [1.165, 1.54) is 16.8 Å². The van der Waals surface area contributed by atoms with Crippen LogP contribution in [-0.4, -0.2) is 49.2 Å². The number of ether oxygens (including phenoxy) is 2. The zero-order chi connectivity index (χ0) is 20.7. The van der Waals surface area contributed by atoms with Crippen LogP contribution in [0.4, 0.5) is 0 Å². The Morgan fingerprint density at radius 1 is 1.31 bits per heavy atom. The highest BCUT2D eigenvalue weighted by atomic mass is 31.2. The van der Waals surface area contributed by atoms with Crippen LogP contribution in [0.1, 0.15) is 38.3 Å². The molecule has 3 atom stereocenters. The van der Waals surface area contributed by atoms with Gasteiger partial charge >= 0.3 is 14.3 Å². The van der Waals surface area contributed by atoms with Crippen LogP contribution in [0.3, 0.4) is 0 Å². The normalized spacial score (nSPS) is 23.2. The van der Waals surface area contributed by atoms with E-state index in [9.17, 15) is 9.59 Å². The van der Waals surface area contributed by atoms with Crippen molar-refractivity contribution in [1.82, 2.24) is 9.55 Å². The molecule has 11 heteroatoms. The fourth-order valence-electron chi connectivity index (χ4n) is 3.38. The van der Waals surface area contributed by atoms with Gasteiger partial charge in [0.15, 0.2) is 0 Å². The number of hydrogen-bond donors (Lipinski definition) is 1. The lowest BCUT2D eigenvalue weighted by Gasteiger charge is -2.20. The molecule has 2 aliphatic rings. The molecule has 2 fully saturated rings. The van der Waals surface area contributed by atoms with E-state index in [-0.39, 0.29) is 31.2 Å². The van der Waals surface area contributed by atoms with Crippen molar-refractivity contribution >= 4 is 8.60 Å². The molecule has 1 aliphatic heterocycles. The van der Waals surface area contributed by atoms with Gasteiger partial charge < -0.3 is 23.0 Å². The minimum absolute atomic E-state index is 0.0974. The van der Waals surface area contributed by atoms with Crippen molar-refractivity contribution in [2.24, 2.45) is 5.41 Å². The summed E-state index contributed by atoms with van der Waals surface area (Å²) in [5.41, 5.74) is -1.00. The first-order chi connectivity index (χ1) is 14.1. The molecule has 0 bridgehead atoms. The molecular weight excluding hydrogens is 401 g/mol. The highest BCUT2D eigenvalue weighted by Crippen LogP contribution is 2.62. The third kappa shape index (κ3) is 5.95. The van der Waals surface area contributed by atoms with E-state index < -0.39 is 26.1 Å². The zero-order valence-electron chi connectivity index (χ0n) is 16.4. The first-order valence-electron chi connectivity index (χ1n) is 9.60. The highest BCUT2D eigenvalue weighted by molar-refractivity contribution is 7.41. The summed E-state index contributed by atoms with van der Waals surface area (Å²) in [5.74, 6) is 0. The lowest BCUT2D eigenvalue weighted by Crippen LogP contribution is -2.34. The molecule has 1 aliphatic carbocycles. The lowest BCUT2D eigenvalue weighted by molar-refractivity contribution is -0.0382. The van der Waals surface area contributed by atoms with Gasteiger partial charge in [-0.15, -0.1) is 0 Å². The third-order valence-electron chi connectivity index (χ3n) is 4.94. The second-order valence-electron chi connectivity index (χ2n) is 7.13. The number of aromatic amines is 1. The molecule has 1 N–H and O–H groups in total. The number of nitrogens with one attached hydrogen (secondary N) is 1. The van der Waals surface area contributed by atoms with E-state index in [2.05, 4.69) is 4.98 Å². The second kappa shape index (κ2) is 10.4. The molecule has 0 aromatic carbocycles. The molecule has 10 nitrogen and oxygen atoms in total. The summed E-state index contributed by atoms with van der Waals surface area (Å²) in [6, 6.07) is 3.34. The number of nitriles is 1. The van der Waals surface area contributed by atoms with Gasteiger partial charge in [0.2, 0.25) is 0 Å². The van der Waals surface area contributed by atoms with Gasteiger partial charge in [0.05, 0.1) is 38.4 Å². The van der Waals surface area contributed by atoms with Crippen LogP contribution in [0.15, 0.2) is 21.9 Å². The maximum absolute atomic E-state index is 12.2. The molecule has 3 rings (SSSR count). The molecule has 1 saturated carbocycles. The van der Waals surface area contributed by atoms with Crippen molar-refractivity contribution in [1.29, 1.82) is 5.26 Å². The molecule has 29 heavy (non-hydrogen) atoms. The maximum Gasteiger partial charge on any atom is 0.332 e. The smallest absolute Gasteiger partial charge is 0.332 e. The molecule has 1 saturated heterocycles. The number of H-pyrrole nitrogens is 1. The predicted octanol–water partition coefficient (Wildman–Crippen LogP) is 1.83. The van der Waals surface area contributed by atoms with Crippen molar-refractivity contribution < 1.29 is 23.0 Å². The molecule has 0 amide bonds. The first kappa shape index (κ1) is 22.1. The molecule has 1 aromatic heterocycles. The van der Waals surface area contributed by atoms with E-state index in [4.69, 9.17) is 28.3 Å². The average Bonchev–Trinajstić information content (AvgIpc) is 3.38. The highest BCUT2D eigenvalue weighted by Gasteiger charge is 2.57. The summed E-state index contributed by atoms with van der Waals surface area (Å²) in [6.45, 7) is 1.50. The van der Waals surface area contributed by atoms with Gasteiger partial charge in [-0.2, -0.15) is 5.26 Å². The van der Waals surface area contributed by atoms with Crippen molar-refractivity contribution in [2.45, 2.75) is 44.4 Å². The van der Waals surface area contributed by atoms with Crippen LogP contribution in [0.2, 0.25) is 0 Å². The van der Waals surface area contributed by atoms with Crippen LogP contribution in [-0.2, 0) is 23.0 Å². The lowest BCUT2D eigenvalue weighted by atomic mass is 10.0. The predicted molar refractivity (Wildman–Crippen MR) is 103 cm³/mol. The van der Waals surface area contributed by atoms with Gasteiger partial charge in [-0.05, 0) is 25.7 Å². The number of methoxy groups -OCH3 is 1. The monoisotopic (exact) mass is 427 g/mol. The largest absolute Gasteiger partial charge is 0.385 e. The standard InChI is InChI=1S/C18H26N3O7P/c1-24-9-3-11-26-29(25-10-2-7-19)27-13-14-12-18(5-6-18)16(28-14)21-8-4-15(22)20-17(21)23/h4,8,14,16H,2-3,5-6,9-13H2,1H3,(H,20,22,23). The molecular formula is C18H26N3O7P. The van der Waals surface area contributed by atoms with Gasteiger partial charge in [-0.3, -0.25) is 14.3 Å². The molecule has 3 unspecified atom stereocenters. The molecule has 160 valence electrons. The van der Waals surface area contributed by atoms with Crippen molar-refractivity contribution in [2.75, 3.05) is 33.5 Å². The SMILES string of the molecule is COCCCOP(OCCC#N)OCC1CC2(CC2)C(n2ccc(=O)[nH]c2=O)O1. The quantitative estimate of drug-likeness (QED) is 0.396. The Kier molecular flexibility index (Phi) is 7.95. The topological polar surface area (TPSA) is 125 Å². The Labute approximate surface area is 169 Å². The molecule has 1 spiro atoms. The number of aromatic nitrogens is 2. The number of nitrogens with zero attached hydrogens (tertiary/aromatic N) is 2. The van der Waals surface area contributed by atoms with Crippen LogP contribution in [0, 0.1) is 16.7 Å².